The average molecular weight is 348 g/mol. The number of phenols is 1. The SMILES string of the molecule is CCCCCC(=O)NC(C)c1cc(C(C)(C)C)c(O)c(C(C)(C)C)c1. The molecular formula is C22H37NO2. The van der Waals surface area contributed by atoms with Crippen molar-refractivity contribution < 1.29 is 9.90 Å². The fraction of sp³-hybridized carbons (Fsp3) is 0.682. The van der Waals surface area contributed by atoms with Gasteiger partial charge in [0.2, 0.25) is 5.91 Å². The molecule has 0 saturated heterocycles. The summed E-state index contributed by atoms with van der Waals surface area (Å²) in [4.78, 5) is 12.2. The highest BCUT2D eigenvalue weighted by molar-refractivity contribution is 5.76. The summed E-state index contributed by atoms with van der Waals surface area (Å²) in [5, 5.41) is 13.9. The number of benzene rings is 1. The van der Waals surface area contributed by atoms with Crippen LogP contribution in [-0.2, 0) is 15.6 Å². The van der Waals surface area contributed by atoms with Crippen LogP contribution in [0.25, 0.3) is 0 Å². The third-order valence-electron chi connectivity index (χ3n) is 4.63. The minimum Gasteiger partial charge on any atom is -0.507 e. The lowest BCUT2D eigenvalue weighted by Crippen LogP contribution is -2.27. The van der Waals surface area contributed by atoms with Crippen molar-refractivity contribution in [1.82, 2.24) is 5.32 Å². The molecule has 0 saturated carbocycles. The molecule has 0 fully saturated rings. The van der Waals surface area contributed by atoms with Gasteiger partial charge in [-0.3, -0.25) is 4.79 Å². The number of unbranched alkanes of at least 4 members (excludes halogenated alkanes) is 2. The topological polar surface area (TPSA) is 49.3 Å². The molecule has 1 atom stereocenters. The van der Waals surface area contributed by atoms with Crippen molar-refractivity contribution in [3.8, 4) is 5.75 Å². The van der Waals surface area contributed by atoms with E-state index in [1.807, 2.05) is 19.1 Å². The lowest BCUT2D eigenvalue weighted by molar-refractivity contribution is -0.121. The molecule has 0 radical (unpaired) electrons. The van der Waals surface area contributed by atoms with Gasteiger partial charge in [-0.2, -0.15) is 0 Å². The second-order valence-electron chi connectivity index (χ2n) is 9.21. The van der Waals surface area contributed by atoms with Crippen molar-refractivity contribution in [2.45, 2.75) is 97.9 Å². The van der Waals surface area contributed by atoms with Crippen molar-refractivity contribution in [3.05, 3.63) is 28.8 Å². The van der Waals surface area contributed by atoms with E-state index in [9.17, 15) is 9.90 Å². The van der Waals surface area contributed by atoms with E-state index in [4.69, 9.17) is 0 Å². The first-order chi connectivity index (χ1) is 11.4. The molecule has 3 nitrogen and oxygen atoms in total. The maximum Gasteiger partial charge on any atom is 0.220 e. The molecule has 0 aliphatic rings. The highest BCUT2D eigenvalue weighted by Gasteiger charge is 2.27. The fourth-order valence-corrected chi connectivity index (χ4v) is 2.98. The predicted molar refractivity (Wildman–Crippen MR) is 106 cm³/mol. The Hall–Kier alpha value is -1.51. The molecule has 25 heavy (non-hydrogen) atoms. The highest BCUT2D eigenvalue weighted by atomic mass is 16.3. The van der Waals surface area contributed by atoms with Gasteiger partial charge in [0.15, 0.2) is 0 Å². The first kappa shape index (κ1) is 21.5. The number of hydrogen-bond acceptors (Lipinski definition) is 2. The number of aromatic hydroxyl groups is 1. The maximum atomic E-state index is 12.2. The zero-order valence-corrected chi connectivity index (χ0v) is 17.4. The molecule has 0 heterocycles. The number of hydrogen-bond donors (Lipinski definition) is 2. The monoisotopic (exact) mass is 347 g/mol. The summed E-state index contributed by atoms with van der Waals surface area (Å²) in [5.41, 5.74) is 2.59. The second kappa shape index (κ2) is 8.25. The molecule has 0 aliphatic carbocycles. The molecule has 2 N–H and O–H groups in total. The van der Waals surface area contributed by atoms with Crippen LogP contribution >= 0.6 is 0 Å². The lowest BCUT2D eigenvalue weighted by atomic mass is 9.78. The van der Waals surface area contributed by atoms with Crippen LogP contribution < -0.4 is 5.32 Å². The zero-order chi connectivity index (χ0) is 19.4. The van der Waals surface area contributed by atoms with Gasteiger partial charge in [-0.1, -0.05) is 61.3 Å². The van der Waals surface area contributed by atoms with Gasteiger partial charge in [0.05, 0.1) is 6.04 Å². The van der Waals surface area contributed by atoms with Crippen molar-refractivity contribution in [3.63, 3.8) is 0 Å². The Morgan fingerprint density at radius 3 is 1.92 bits per heavy atom. The third-order valence-corrected chi connectivity index (χ3v) is 4.63. The molecule has 3 heteroatoms. The van der Waals surface area contributed by atoms with E-state index in [1.165, 1.54) is 0 Å². The molecule has 1 amide bonds. The molecule has 0 aliphatic heterocycles. The van der Waals surface area contributed by atoms with Crippen LogP contribution in [0.5, 0.6) is 5.75 Å². The van der Waals surface area contributed by atoms with E-state index >= 15 is 0 Å². The molecule has 1 rings (SSSR count). The summed E-state index contributed by atoms with van der Waals surface area (Å²) >= 11 is 0. The first-order valence-corrected chi connectivity index (χ1v) is 9.55. The van der Waals surface area contributed by atoms with Gasteiger partial charge in [0.25, 0.3) is 0 Å². The highest BCUT2D eigenvalue weighted by Crippen LogP contribution is 2.40. The van der Waals surface area contributed by atoms with Crippen LogP contribution in [0.15, 0.2) is 12.1 Å². The number of phenolic OH excluding ortho intramolecular Hbond substituents is 1. The van der Waals surface area contributed by atoms with Crippen molar-refractivity contribution >= 4 is 5.91 Å². The van der Waals surface area contributed by atoms with Gasteiger partial charge < -0.3 is 10.4 Å². The summed E-state index contributed by atoms with van der Waals surface area (Å²) in [5.74, 6) is 0.480. The maximum absolute atomic E-state index is 12.2. The summed E-state index contributed by atoms with van der Waals surface area (Å²) in [6.07, 6.45) is 3.72. The molecule has 0 bridgehead atoms. The predicted octanol–water partition coefficient (Wildman–Crippen LogP) is 5.74. The summed E-state index contributed by atoms with van der Waals surface area (Å²) in [7, 11) is 0. The molecule has 142 valence electrons. The molecular weight excluding hydrogens is 310 g/mol. The number of rotatable bonds is 6. The van der Waals surface area contributed by atoms with E-state index in [1.54, 1.807) is 0 Å². The molecule has 1 aromatic carbocycles. The summed E-state index contributed by atoms with van der Waals surface area (Å²) < 4.78 is 0. The van der Waals surface area contributed by atoms with Crippen LogP contribution in [0.3, 0.4) is 0 Å². The molecule has 0 spiro atoms. The molecule has 0 aromatic heterocycles. The Morgan fingerprint density at radius 2 is 1.52 bits per heavy atom. The molecule has 1 unspecified atom stereocenters. The van der Waals surface area contributed by atoms with Crippen LogP contribution in [0.2, 0.25) is 0 Å². The molecule has 1 aromatic rings. The average Bonchev–Trinajstić information content (AvgIpc) is 2.45. The summed E-state index contributed by atoms with van der Waals surface area (Å²) in [6.45, 7) is 16.8. The Bertz CT molecular complexity index is 556. The van der Waals surface area contributed by atoms with Gasteiger partial charge in [0, 0.05) is 6.42 Å². The van der Waals surface area contributed by atoms with Crippen molar-refractivity contribution in [1.29, 1.82) is 0 Å². The number of amides is 1. The second-order valence-corrected chi connectivity index (χ2v) is 9.21. The first-order valence-electron chi connectivity index (χ1n) is 9.55. The largest absolute Gasteiger partial charge is 0.507 e. The van der Waals surface area contributed by atoms with Crippen molar-refractivity contribution in [2.75, 3.05) is 0 Å². The Labute approximate surface area is 154 Å². The lowest BCUT2D eigenvalue weighted by Gasteiger charge is -2.29. The van der Waals surface area contributed by atoms with E-state index in [0.717, 1.165) is 36.0 Å². The smallest absolute Gasteiger partial charge is 0.220 e. The summed E-state index contributed by atoms with van der Waals surface area (Å²) in [6, 6.07) is 4.01. The van der Waals surface area contributed by atoms with Crippen LogP contribution in [0.4, 0.5) is 0 Å². The van der Waals surface area contributed by atoms with Gasteiger partial charge in [-0.05, 0) is 53.0 Å². The standard InChI is InChI=1S/C22H37NO2/c1-9-10-11-12-19(24)23-15(2)16-13-17(21(3,4)5)20(25)18(14-16)22(6,7)8/h13-15,25H,9-12H2,1-8H3,(H,23,24). The number of carbonyl (C=O) groups is 1. The third kappa shape index (κ3) is 6.05. The van der Waals surface area contributed by atoms with E-state index < -0.39 is 0 Å². The van der Waals surface area contributed by atoms with E-state index in [0.29, 0.717) is 12.2 Å². The number of carbonyl (C=O) groups excluding carboxylic acids is 1. The van der Waals surface area contributed by atoms with Gasteiger partial charge in [0.1, 0.15) is 5.75 Å². The van der Waals surface area contributed by atoms with Gasteiger partial charge in [-0.15, -0.1) is 0 Å². The van der Waals surface area contributed by atoms with Crippen LogP contribution in [0.1, 0.15) is 104 Å². The Morgan fingerprint density at radius 1 is 1.04 bits per heavy atom. The minimum absolute atomic E-state index is 0.0723. The Balaban J connectivity index is 3.16. The quantitative estimate of drug-likeness (QED) is 0.644. The minimum atomic E-state index is -0.162. The van der Waals surface area contributed by atoms with Crippen LogP contribution in [-0.4, -0.2) is 11.0 Å². The normalized spacial score (nSPS) is 13.6. The Kier molecular flexibility index (Phi) is 7.10. The van der Waals surface area contributed by atoms with Crippen LogP contribution in [0, 0.1) is 0 Å². The van der Waals surface area contributed by atoms with E-state index in [-0.39, 0.29) is 22.8 Å². The van der Waals surface area contributed by atoms with E-state index in [2.05, 4.69) is 53.8 Å². The number of nitrogens with one attached hydrogen (secondary N) is 1. The fourth-order valence-electron chi connectivity index (χ4n) is 2.98. The van der Waals surface area contributed by atoms with Gasteiger partial charge in [-0.25, -0.2) is 0 Å². The zero-order valence-electron chi connectivity index (χ0n) is 17.4. The van der Waals surface area contributed by atoms with Crippen molar-refractivity contribution in [2.24, 2.45) is 0 Å². The van der Waals surface area contributed by atoms with Gasteiger partial charge >= 0.3 is 0 Å².